The zero-order valence-corrected chi connectivity index (χ0v) is 23.5. The number of nitrogens with zero attached hydrogens (tertiary/aromatic N) is 3. The van der Waals surface area contributed by atoms with E-state index in [1.165, 1.54) is 37.7 Å². The van der Waals surface area contributed by atoms with Crippen molar-refractivity contribution in [3.8, 4) is 22.8 Å². The van der Waals surface area contributed by atoms with Crippen molar-refractivity contribution in [2.24, 2.45) is 27.7 Å². The maximum atomic E-state index is 8.90. The second kappa shape index (κ2) is 13.2. The lowest BCUT2D eigenvalue weighted by atomic mass is 9.77. The molecule has 3 aromatic rings. The fourth-order valence-electron chi connectivity index (χ4n) is 5.26. The van der Waals surface area contributed by atoms with Gasteiger partial charge in [0.2, 0.25) is 5.89 Å². The summed E-state index contributed by atoms with van der Waals surface area (Å²) in [5, 5.41) is 11.9. The highest BCUT2D eigenvalue weighted by molar-refractivity contribution is 6.05. The minimum atomic E-state index is 0.0657. The molecule has 0 spiro atoms. The summed E-state index contributed by atoms with van der Waals surface area (Å²) in [6.45, 7) is 8.72. The molecule has 1 atom stereocenters. The van der Waals surface area contributed by atoms with Gasteiger partial charge in [0.05, 0.1) is 17.6 Å². The van der Waals surface area contributed by atoms with Crippen LogP contribution in [-0.2, 0) is 0 Å². The van der Waals surface area contributed by atoms with Gasteiger partial charge in [-0.3, -0.25) is 4.99 Å². The fourth-order valence-corrected chi connectivity index (χ4v) is 5.26. The zero-order valence-electron chi connectivity index (χ0n) is 23.5. The molecule has 1 aliphatic carbocycles. The van der Waals surface area contributed by atoms with Gasteiger partial charge >= 0.3 is 0 Å². The number of hydrogen-bond acceptors (Lipinski definition) is 5. The lowest BCUT2D eigenvalue weighted by Gasteiger charge is -2.29. The predicted octanol–water partition coefficient (Wildman–Crippen LogP) is 8.61. The molecule has 6 heteroatoms. The molecule has 4 rings (SSSR count). The Morgan fingerprint density at radius 3 is 2.51 bits per heavy atom. The summed E-state index contributed by atoms with van der Waals surface area (Å²) in [7, 11) is 0. The molecule has 1 aromatic heterocycles. The van der Waals surface area contributed by atoms with Crippen molar-refractivity contribution < 1.29 is 9.62 Å². The van der Waals surface area contributed by atoms with Crippen molar-refractivity contribution in [1.82, 2.24) is 4.98 Å². The van der Waals surface area contributed by atoms with Gasteiger partial charge in [-0.15, -0.1) is 0 Å². The van der Waals surface area contributed by atoms with Crippen LogP contribution >= 0.6 is 0 Å². The molecular formula is C33H40N4O2. The molecular weight excluding hydrogens is 484 g/mol. The number of rotatable bonds is 9. The average molecular weight is 525 g/mol. The Hall–Kier alpha value is -3.93. The summed E-state index contributed by atoms with van der Waals surface area (Å²) in [6, 6.07) is 13.5. The monoisotopic (exact) mass is 524 g/mol. The largest absolute Gasteiger partial charge is 0.436 e. The van der Waals surface area contributed by atoms with Gasteiger partial charge in [0.15, 0.2) is 11.6 Å². The Balaban J connectivity index is 1.68. The van der Waals surface area contributed by atoms with Crippen LogP contribution in [0.1, 0.15) is 70.4 Å². The molecule has 0 amide bonds. The molecule has 204 valence electrons. The van der Waals surface area contributed by atoms with Crippen LogP contribution in [0.25, 0.3) is 22.8 Å². The van der Waals surface area contributed by atoms with E-state index in [0.29, 0.717) is 29.1 Å². The molecule has 1 aliphatic rings. The van der Waals surface area contributed by atoms with Crippen molar-refractivity contribution in [3.63, 3.8) is 0 Å². The fraction of sp³-hybridized carbons (Fsp3) is 0.364. The Morgan fingerprint density at radius 2 is 1.85 bits per heavy atom. The van der Waals surface area contributed by atoms with Crippen LogP contribution in [-0.4, -0.2) is 21.7 Å². The first kappa shape index (κ1) is 28.1. The van der Waals surface area contributed by atoms with Crippen molar-refractivity contribution in [1.29, 1.82) is 0 Å². The van der Waals surface area contributed by atoms with E-state index in [-0.39, 0.29) is 5.84 Å². The molecule has 6 nitrogen and oxygen atoms in total. The third kappa shape index (κ3) is 6.75. The topological polar surface area (TPSA) is 97.0 Å². The maximum Gasteiger partial charge on any atom is 0.226 e. The number of oxazole rings is 1. The smallest absolute Gasteiger partial charge is 0.226 e. The first-order valence-corrected chi connectivity index (χ1v) is 14.0. The third-order valence-corrected chi connectivity index (χ3v) is 7.70. The van der Waals surface area contributed by atoms with E-state index >= 15 is 0 Å². The summed E-state index contributed by atoms with van der Waals surface area (Å²) in [4.78, 5) is 9.89. The number of aliphatic imine (C=N–C) groups is 1. The van der Waals surface area contributed by atoms with E-state index in [2.05, 4.69) is 68.2 Å². The lowest BCUT2D eigenvalue weighted by molar-refractivity contribution is 0.312. The van der Waals surface area contributed by atoms with Gasteiger partial charge in [-0.05, 0) is 62.3 Å². The van der Waals surface area contributed by atoms with Crippen LogP contribution in [0.2, 0.25) is 0 Å². The van der Waals surface area contributed by atoms with E-state index in [0.717, 1.165) is 34.5 Å². The average Bonchev–Trinajstić information content (AvgIpc) is 3.48. The van der Waals surface area contributed by atoms with Crippen molar-refractivity contribution in [2.45, 2.75) is 66.2 Å². The summed E-state index contributed by atoms with van der Waals surface area (Å²) in [5.74, 6) is 2.29. The molecule has 1 saturated carbocycles. The number of aromatic nitrogens is 1. The standard InChI is InChI=1S/C33H40N4O2/c1-5-7-11-24(6-2)31(23(4)25-12-9-8-10-13-25)36-29-20-28(15-14-22(29)3)33-35-21-30(39-33)26-16-18-27(19-17-26)32(34)37-38/h6-7,11,14-21,23,25,38H,5,8-10,12-13H2,1-4H3,(H2,34,37)/b11-7-,24-6+,36-31?. The van der Waals surface area contributed by atoms with Crippen molar-refractivity contribution in [3.05, 3.63) is 83.6 Å². The van der Waals surface area contributed by atoms with Crippen LogP contribution in [0, 0.1) is 18.8 Å². The molecule has 1 fully saturated rings. The van der Waals surface area contributed by atoms with Crippen LogP contribution in [0.4, 0.5) is 5.69 Å². The Bertz CT molecular complexity index is 1370. The predicted molar refractivity (Wildman–Crippen MR) is 161 cm³/mol. The van der Waals surface area contributed by atoms with Crippen molar-refractivity contribution >= 4 is 17.2 Å². The molecule has 0 radical (unpaired) electrons. The number of allylic oxidation sites excluding steroid dienone is 4. The first-order chi connectivity index (χ1) is 18.9. The van der Waals surface area contributed by atoms with E-state index < -0.39 is 0 Å². The Morgan fingerprint density at radius 1 is 1.13 bits per heavy atom. The molecule has 3 N–H and O–H groups in total. The Kier molecular flexibility index (Phi) is 9.53. The number of amidine groups is 1. The molecule has 39 heavy (non-hydrogen) atoms. The van der Waals surface area contributed by atoms with Crippen LogP contribution < -0.4 is 5.73 Å². The molecule has 2 aromatic carbocycles. The molecule has 1 unspecified atom stereocenters. The highest BCUT2D eigenvalue weighted by Crippen LogP contribution is 2.35. The zero-order chi connectivity index (χ0) is 27.8. The normalized spacial score (nSPS) is 16.7. The van der Waals surface area contributed by atoms with Gasteiger partial charge in [0.25, 0.3) is 0 Å². The SMILES string of the molecule is C/C=C(\C=C/CC)C(=Nc1cc(-c2ncc(-c3ccc(/C(N)=N/O)cc3)o2)ccc1C)C(C)C1CCCCC1. The van der Waals surface area contributed by atoms with Gasteiger partial charge in [-0.25, -0.2) is 4.98 Å². The number of oxime groups is 1. The maximum absolute atomic E-state index is 8.90. The van der Waals surface area contributed by atoms with Gasteiger partial charge in [-0.2, -0.15) is 0 Å². The highest BCUT2D eigenvalue weighted by Gasteiger charge is 2.25. The second-order valence-corrected chi connectivity index (χ2v) is 10.3. The third-order valence-electron chi connectivity index (χ3n) is 7.70. The van der Waals surface area contributed by atoms with Crippen LogP contribution in [0.5, 0.6) is 0 Å². The quantitative estimate of drug-likeness (QED) is 0.0962. The Labute approximate surface area is 232 Å². The van der Waals surface area contributed by atoms with Crippen LogP contribution in [0.3, 0.4) is 0 Å². The van der Waals surface area contributed by atoms with E-state index in [1.54, 1.807) is 18.3 Å². The second-order valence-electron chi connectivity index (χ2n) is 10.3. The summed E-state index contributed by atoms with van der Waals surface area (Å²) < 4.78 is 6.15. The van der Waals surface area contributed by atoms with E-state index in [1.807, 2.05) is 18.2 Å². The summed E-state index contributed by atoms with van der Waals surface area (Å²) in [5.41, 5.74) is 12.5. The minimum Gasteiger partial charge on any atom is -0.436 e. The summed E-state index contributed by atoms with van der Waals surface area (Å²) in [6.07, 6.45) is 15.9. The molecule has 0 aliphatic heterocycles. The number of aryl methyl sites for hydroxylation is 1. The van der Waals surface area contributed by atoms with Crippen molar-refractivity contribution in [2.75, 3.05) is 0 Å². The lowest BCUT2D eigenvalue weighted by Crippen LogP contribution is -2.24. The molecule has 0 bridgehead atoms. The highest BCUT2D eigenvalue weighted by atomic mass is 16.4. The van der Waals surface area contributed by atoms with Gasteiger partial charge < -0.3 is 15.4 Å². The first-order valence-electron chi connectivity index (χ1n) is 14.0. The van der Waals surface area contributed by atoms with Gasteiger partial charge in [-0.1, -0.05) is 86.8 Å². The van der Waals surface area contributed by atoms with E-state index in [4.69, 9.17) is 20.4 Å². The minimum absolute atomic E-state index is 0.0657. The molecule has 0 saturated heterocycles. The van der Waals surface area contributed by atoms with E-state index in [9.17, 15) is 0 Å². The summed E-state index contributed by atoms with van der Waals surface area (Å²) >= 11 is 0. The van der Waals surface area contributed by atoms with Gasteiger partial charge in [0.1, 0.15) is 0 Å². The number of benzene rings is 2. The number of hydrogen-bond donors (Lipinski definition) is 2. The van der Waals surface area contributed by atoms with Crippen LogP contribution in [0.15, 0.2) is 87.0 Å². The molecule has 1 heterocycles. The number of nitrogens with two attached hydrogens (primary N) is 1. The van der Waals surface area contributed by atoms with Gasteiger partial charge in [0, 0.05) is 22.6 Å².